The van der Waals surface area contributed by atoms with Crippen LogP contribution < -0.4 is 0 Å². The van der Waals surface area contributed by atoms with Crippen molar-refractivity contribution >= 4 is 0 Å². The van der Waals surface area contributed by atoms with E-state index in [4.69, 9.17) is 0 Å². The number of fused-ring (bicyclic) bond motifs is 2. The molecule has 3 heteroatoms. The van der Waals surface area contributed by atoms with Gasteiger partial charge in [0.05, 0.1) is 12.2 Å². The van der Waals surface area contributed by atoms with E-state index in [1.807, 2.05) is 6.07 Å². The number of hydrogen-bond acceptors (Lipinski definition) is 3. The molecular formula is C21H25NO2. The van der Waals surface area contributed by atoms with Crippen LogP contribution in [-0.4, -0.2) is 39.9 Å². The number of benzene rings is 2. The van der Waals surface area contributed by atoms with Crippen LogP contribution >= 0.6 is 0 Å². The van der Waals surface area contributed by atoms with E-state index in [0.717, 1.165) is 25.8 Å². The van der Waals surface area contributed by atoms with Gasteiger partial charge in [0.15, 0.2) is 0 Å². The Bertz CT molecular complexity index is 670. The minimum absolute atomic E-state index is 0.0699. The van der Waals surface area contributed by atoms with Crippen molar-refractivity contribution in [1.82, 2.24) is 4.90 Å². The average molecular weight is 323 g/mol. The van der Waals surface area contributed by atoms with Crippen LogP contribution in [0.25, 0.3) is 11.1 Å². The van der Waals surface area contributed by atoms with Crippen LogP contribution in [0.2, 0.25) is 0 Å². The zero-order valence-electron chi connectivity index (χ0n) is 13.9. The van der Waals surface area contributed by atoms with Gasteiger partial charge in [-0.05, 0) is 36.0 Å². The zero-order chi connectivity index (χ0) is 16.5. The number of piperidine rings is 1. The quantitative estimate of drug-likeness (QED) is 0.912. The van der Waals surface area contributed by atoms with E-state index >= 15 is 0 Å². The summed E-state index contributed by atoms with van der Waals surface area (Å²) in [6, 6.07) is 19.7. The minimum Gasteiger partial charge on any atom is -0.393 e. The molecule has 1 saturated carbocycles. The molecular weight excluding hydrogens is 298 g/mol. The van der Waals surface area contributed by atoms with Crippen LogP contribution in [0.3, 0.4) is 0 Å². The minimum atomic E-state index is -0.403. The molecule has 1 heterocycles. The monoisotopic (exact) mass is 323 g/mol. The van der Waals surface area contributed by atoms with Gasteiger partial charge in [-0.2, -0.15) is 0 Å². The summed E-state index contributed by atoms with van der Waals surface area (Å²) in [5.41, 5.74) is 3.76. The maximum Gasteiger partial charge on any atom is 0.0720 e. The average Bonchev–Trinajstić information content (AvgIpc) is 2.62. The number of hydrogen-bond donors (Lipinski definition) is 2. The van der Waals surface area contributed by atoms with Crippen LogP contribution in [0.15, 0.2) is 54.6 Å². The molecule has 2 aromatic rings. The molecule has 2 unspecified atom stereocenters. The first kappa shape index (κ1) is 15.8. The molecule has 24 heavy (non-hydrogen) atoms. The van der Waals surface area contributed by atoms with Gasteiger partial charge in [0, 0.05) is 25.0 Å². The van der Waals surface area contributed by atoms with Gasteiger partial charge in [-0.25, -0.2) is 0 Å². The van der Waals surface area contributed by atoms with Gasteiger partial charge in [-0.1, -0.05) is 54.6 Å². The molecule has 2 bridgehead atoms. The van der Waals surface area contributed by atoms with Crippen LogP contribution in [0.1, 0.15) is 24.8 Å². The third kappa shape index (κ3) is 3.12. The van der Waals surface area contributed by atoms with E-state index in [2.05, 4.69) is 53.4 Å². The zero-order valence-corrected chi connectivity index (χ0v) is 13.9. The molecule has 2 fully saturated rings. The normalized spacial score (nSPS) is 30.2. The SMILES string of the molecule is O[C@@H]1CCC2CC1[C@@H](O)CN2Cc1ccc(-c2ccccc2)cc1. The lowest BCUT2D eigenvalue weighted by Gasteiger charge is -2.47. The number of nitrogens with zero attached hydrogens (tertiary/aromatic N) is 1. The summed E-state index contributed by atoms with van der Waals surface area (Å²) >= 11 is 0. The first-order valence-corrected chi connectivity index (χ1v) is 8.95. The van der Waals surface area contributed by atoms with Crippen LogP contribution in [-0.2, 0) is 6.54 Å². The number of rotatable bonds is 3. The number of aliphatic hydroxyl groups excluding tert-OH is 2. The molecule has 4 rings (SSSR count). The lowest BCUT2D eigenvalue weighted by molar-refractivity contribution is -0.0918. The van der Waals surface area contributed by atoms with Crippen molar-refractivity contribution in [2.24, 2.45) is 5.92 Å². The Morgan fingerprint density at radius 1 is 0.833 bits per heavy atom. The van der Waals surface area contributed by atoms with E-state index in [1.54, 1.807) is 0 Å². The molecule has 0 radical (unpaired) electrons. The number of aliphatic hydroxyl groups is 2. The molecule has 3 nitrogen and oxygen atoms in total. The van der Waals surface area contributed by atoms with E-state index in [0.29, 0.717) is 12.6 Å². The lowest BCUT2D eigenvalue weighted by atomic mass is 9.76. The molecule has 1 aliphatic carbocycles. The van der Waals surface area contributed by atoms with Gasteiger partial charge >= 0.3 is 0 Å². The molecule has 126 valence electrons. The highest BCUT2D eigenvalue weighted by molar-refractivity contribution is 5.63. The van der Waals surface area contributed by atoms with Crippen molar-refractivity contribution < 1.29 is 10.2 Å². The second kappa shape index (κ2) is 6.67. The summed E-state index contributed by atoms with van der Waals surface area (Å²) in [7, 11) is 0. The van der Waals surface area contributed by atoms with Gasteiger partial charge in [0.2, 0.25) is 0 Å². The van der Waals surface area contributed by atoms with Crippen molar-refractivity contribution in [3.8, 4) is 11.1 Å². The summed E-state index contributed by atoms with van der Waals surface area (Å²) in [6.07, 6.45) is 2.05. The molecule has 2 aromatic carbocycles. The van der Waals surface area contributed by atoms with Crippen molar-refractivity contribution in [3.05, 3.63) is 60.2 Å². The molecule has 0 amide bonds. The summed E-state index contributed by atoms with van der Waals surface area (Å²) < 4.78 is 0. The summed E-state index contributed by atoms with van der Waals surface area (Å²) in [6.45, 7) is 1.55. The van der Waals surface area contributed by atoms with Crippen molar-refractivity contribution in [1.29, 1.82) is 0 Å². The standard InChI is InChI=1S/C21H25NO2/c23-20-11-10-18-12-19(20)21(24)14-22(18)13-15-6-8-17(9-7-15)16-4-2-1-3-5-16/h1-9,18-21,23-24H,10-14H2/t18?,19?,20-,21+/m1/s1. The smallest absolute Gasteiger partial charge is 0.0720 e. The second-order valence-corrected chi connectivity index (χ2v) is 7.26. The van der Waals surface area contributed by atoms with E-state index in [-0.39, 0.29) is 12.0 Å². The molecule has 0 aromatic heterocycles. The van der Waals surface area contributed by atoms with E-state index < -0.39 is 6.10 Å². The van der Waals surface area contributed by atoms with E-state index in [1.165, 1.54) is 16.7 Å². The van der Waals surface area contributed by atoms with Crippen molar-refractivity contribution in [2.75, 3.05) is 6.54 Å². The Balaban J connectivity index is 1.46. The Morgan fingerprint density at radius 3 is 2.29 bits per heavy atom. The van der Waals surface area contributed by atoms with Crippen molar-refractivity contribution in [2.45, 2.75) is 44.1 Å². The molecule has 0 spiro atoms. The first-order chi connectivity index (χ1) is 11.7. The molecule has 2 N–H and O–H groups in total. The fourth-order valence-electron chi connectivity index (χ4n) is 4.30. The van der Waals surface area contributed by atoms with Gasteiger partial charge in [0.1, 0.15) is 0 Å². The maximum absolute atomic E-state index is 10.3. The summed E-state index contributed by atoms with van der Waals surface area (Å²) in [5.74, 6) is 0.0699. The molecule has 4 atom stereocenters. The highest BCUT2D eigenvalue weighted by Crippen LogP contribution is 2.36. The fourth-order valence-corrected chi connectivity index (χ4v) is 4.30. The Hall–Kier alpha value is -1.68. The van der Waals surface area contributed by atoms with Crippen LogP contribution in [0.5, 0.6) is 0 Å². The predicted octanol–water partition coefficient (Wildman–Crippen LogP) is 3.06. The fraction of sp³-hybridized carbons (Fsp3) is 0.429. The maximum atomic E-state index is 10.3. The highest BCUT2D eigenvalue weighted by Gasteiger charge is 2.41. The van der Waals surface area contributed by atoms with Gasteiger partial charge in [-0.15, -0.1) is 0 Å². The Morgan fingerprint density at radius 2 is 1.54 bits per heavy atom. The number of likely N-dealkylation sites (tertiary alicyclic amines) is 1. The molecule has 1 aliphatic heterocycles. The number of β-amino-alcohol motifs (C(OH)–C–C–N with tert-alkyl or cyclic N) is 1. The van der Waals surface area contributed by atoms with Gasteiger partial charge in [-0.3, -0.25) is 4.90 Å². The summed E-state index contributed by atoms with van der Waals surface area (Å²) in [4.78, 5) is 2.39. The largest absolute Gasteiger partial charge is 0.393 e. The van der Waals surface area contributed by atoms with E-state index in [9.17, 15) is 10.2 Å². The second-order valence-electron chi connectivity index (χ2n) is 7.26. The van der Waals surface area contributed by atoms with Crippen LogP contribution in [0, 0.1) is 5.92 Å². The van der Waals surface area contributed by atoms with Crippen molar-refractivity contribution in [3.63, 3.8) is 0 Å². The Labute approximate surface area is 143 Å². The van der Waals surface area contributed by atoms with Crippen LogP contribution in [0.4, 0.5) is 0 Å². The molecule has 1 saturated heterocycles. The third-order valence-electron chi connectivity index (χ3n) is 5.71. The predicted molar refractivity (Wildman–Crippen MR) is 95.4 cm³/mol. The molecule has 2 aliphatic rings. The first-order valence-electron chi connectivity index (χ1n) is 8.95. The Kier molecular flexibility index (Phi) is 4.40. The lowest BCUT2D eigenvalue weighted by Crippen LogP contribution is -2.55. The third-order valence-corrected chi connectivity index (χ3v) is 5.71. The van der Waals surface area contributed by atoms with Gasteiger partial charge in [0.25, 0.3) is 0 Å². The highest BCUT2D eigenvalue weighted by atomic mass is 16.3. The van der Waals surface area contributed by atoms with Gasteiger partial charge < -0.3 is 10.2 Å². The summed E-state index contributed by atoms with van der Waals surface area (Å²) in [5, 5.41) is 20.4. The topological polar surface area (TPSA) is 43.7 Å².